The van der Waals surface area contributed by atoms with Crippen LogP contribution in [0, 0.1) is 5.82 Å². The normalized spacial score (nSPS) is 20.0. The Hall–Kier alpha value is -2.76. The molecule has 22 heavy (non-hydrogen) atoms. The van der Waals surface area contributed by atoms with Crippen molar-refractivity contribution < 1.29 is 9.18 Å². The van der Waals surface area contributed by atoms with Crippen molar-refractivity contribution in [3.05, 3.63) is 66.0 Å². The van der Waals surface area contributed by atoms with Gasteiger partial charge in [-0.2, -0.15) is 5.10 Å². The number of hydrogen-bond donors (Lipinski definition) is 1. The van der Waals surface area contributed by atoms with Gasteiger partial charge in [0.25, 0.3) is 5.91 Å². The third-order valence-corrected chi connectivity index (χ3v) is 3.97. The largest absolute Gasteiger partial charge is 0.349 e. The van der Waals surface area contributed by atoms with Gasteiger partial charge in [-0.1, -0.05) is 12.1 Å². The second kappa shape index (κ2) is 4.91. The van der Waals surface area contributed by atoms with Gasteiger partial charge in [-0.05, 0) is 24.1 Å². The van der Waals surface area contributed by atoms with Crippen molar-refractivity contribution in [1.82, 2.24) is 19.9 Å². The van der Waals surface area contributed by atoms with E-state index in [1.807, 2.05) is 0 Å². The van der Waals surface area contributed by atoms with Crippen LogP contribution in [0.4, 0.5) is 4.39 Å². The first-order chi connectivity index (χ1) is 10.7. The van der Waals surface area contributed by atoms with Crippen LogP contribution < -0.4 is 5.32 Å². The van der Waals surface area contributed by atoms with Gasteiger partial charge >= 0.3 is 0 Å². The summed E-state index contributed by atoms with van der Waals surface area (Å²) in [5.41, 5.74) is 2.24. The minimum Gasteiger partial charge on any atom is -0.349 e. The molecule has 0 spiro atoms. The lowest BCUT2D eigenvalue weighted by Crippen LogP contribution is -2.26. The smallest absolute Gasteiger partial charge is 0.255 e. The van der Waals surface area contributed by atoms with Crippen LogP contribution in [0.15, 0.2) is 49.1 Å². The first kappa shape index (κ1) is 12.9. The predicted octanol–water partition coefficient (Wildman–Crippen LogP) is 2.15. The Bertz CT molecular complexity index is 843. The average Bonchev–Trinajstić information content (AvgIpc) is 3.15. The van der Waals surface area contributed by atoms with Crippen LogP contribution in [-0.2, 0) is 0 Å². The summed E-state index contributed by atoms with van der Waals surface area (Å²) in [6.07, 6.45) is 7.35. The molecule has 1 N–H and O–H groups in total. The minimum atomic E-state index is -0.246. The van der Waals surface area contributed by atoms with Crippen LogP contribution in [-0.4, -0.2) is 26.5 Å². The van der Waals surface area contributed by atoms with Crippen molar-refractivity contribution in [2.24, 2.45) is 0 Å². The van der Waals surface area contributed by atoms with E-state index in [-0.39, 0.29) is 23.7 Å². The van der Waals surface area contributed by atoms with Gasteiger partial charge in [0.15, 0.2) is 0 Å². The summed E-state index contributed by atoms with van der Waals surface area (Å²) in [6, 6.07) is 6.52. The van der Waals surface area contributed by atoms with E-state index in [2.05, 4.69) is 15.4 Å². The molecule has 1 fully saturated rings. The molecule has 0 unspecified atom stereocenters. The van der Waals surface area contributed by atoms with Crippen LogP contribution in [0.5, 0.6) is 0 Å². The monoisotopic (exact) mass is 296 g/mol. The van der Waals surface area contributed by atoms with E-state index in [1.54, 1.807) is 41.4 Å². The zero-order valence-corrected chi connectivity index (χ0v) is 11.6. The molecule has 1 aromatic carbocycles. The predicted molar refractivity (Wildman–Crippen MR) is 78.0 cm³/mol. The third-order valence-electron chi connectivity index (χ3n) is 3.97. The van der Waals surface area contributed by atoms with E-state index >= 15 is 0 Å². The Balaban J connectivity index is 1.48. The van der Waals surface area contributed by atoms with Gasteiger partial charge in [-0.3, -0.25) is 9.78 Å². The van der Waals surface area contributed by atoms with Gasteiger partial charge < -0.3 is 5.32 Å². The van der Waals surface area contributed by atoms with E-state index in [0.717, 1.165) is 12.0 Å². The highest BCUT2D eigenvalue weighted by molar-refractivity contribution is 6.00. The summed E-state index contributed by atoms with van der Waals surface area (Å²) in [5, 5.41) is 7.13. The fourth-order valence-corrected chi connectivity index (χ4v) is 2.69. The Labute approximate surface area is 125 Å². The highest BCUT2D eigenvalue weighted by Crippen LogP contribution is 2.40. The zero-order chi connectivity index (χ0) is 15.1. The van der Waals surface area contributed by atoms with Crippen LogP contribution >= 0.6 is 0 Å². The lowest BCUT2D eigenvalue weighted by molar-refractivity contribution is 0.0952. The molecule has 0 radical (unpaired) electrons. The van der Waals surface area contributed by atoms with Crippen molar-refractivity contribution in [3.8, 4) is 0 Å². The molecule has 2 aromatic heterocycles. The molecule has 2 atom stereocenters. The fourth-order valence-electron chi connectivity index (χ4n) is 2.69. The number of halogens is 1. The van der Waals surface area contributed by atoms with Gasteiger partial charge in [0.2, 0.25) is 0 Å². The lowest BCUT2D eigenvalue weighted by atomic mass is 10.1. The van der Waals surface area contributed by atoms with Gasteiger partial charge in [-0.15, -0.1) is 0 Å². The Morgan fingerprint density at radius 3 is 2.91 bits per heavy atom. The summed E-state index contributed by atoms with van der Waals surface area (Å²) < 4.78 is 14.5. The number of hydrogen-bond acceptors (Lipinski definition) is 3. The molecule has 5 nitrogen and oxygen atoms in total. The van der Waals surface area contributed by atoms with E-state index < -0.39 is 0 Å². The number of carbonyl (C=O) groups excluding carboxylic acids is 1. The summed E-state index contributed by atoms with van der Waals surface area (Å²) in [7, 11) is 0. The maximum absolute atomic E-state index is 12.9. The van der Waals surface area contributed by atoms with E-state index in [9.17, 15) is 9.18 Å². The first-order valence-corrected chi connectivity index (χ1v) is 7.06. The number of fused-ring (bicyclic) bond motifs is 1. The number of nitrogens with one attached hydrogen (secondary N) is 1. The van der Waals surface area contributed by atoms with Gasteiger partial charge in [0.05, 0.1) is 23.5 Å². The number of carbonyl (C=O) groups is 1. The summed E-state index contributed by atoms with van der Waals surface area (Å²) in [6.45, 7) is 0. The molecule has 0 aliphatic heterocycles. The molecular formula is C16H13FN4O. The number of amides is 1. The number of aromatic nitrogens is 3. The lowest BCUT2D eigenvalue weighted by Gasteiger charge is -2.04. The molecular weight excluding hydrogens is 283 g/mol. The van der Waals surface area contributed by atoms with E-state index in [0.29, 0.717) is 11.1 Å². The molecule has 6 heteroatoms. The van der Waals surface area contributed by atoms with Crippen molar-refractivity contribution >= 4 is 11.4 Å². The quantitative estimate of drug-likeness (QED) is 0.805. The number of rotatable bonds is 3. The van der Waals surface area contributed by atoms with Crippen molar-refractivity contribution in [1.29, 1.82) is 0 Å². The topological polar surface area (TPSA) is 59.3 Å². The molecule has 1 saturated carbocycles. The van der Waals surface area contributed by atoms with E-state index in [4.69, 9.17) is 0 Å². The molecule has 2 heterocycles. The summed E-state index contributed by atoms with van der Waals surface area (Å²) in [5.74, 6) is -0.147. The average molecular weight is 296 g/mol. The molecule has 0 saturated heterocycles. The van der Waals surface area contributed by atoms with Crippen molar-refractivity contribution in [3.63, 3.8) is 0 Å². The zero-order valence-electron chi connectivity index (χ0n) is 11.6. The van der Waals surface area contributed by atoms with Gasteiger partial charge in [-0.25, -0.2) is 8.91 Å². The molecule has 0 bridgehead atoms. The molecule has 4 rings (SSSR count). The standard InChI is InChI=1S/C16H13FN4O/c17-11-3-1-10(2-4-11)12-7-14(12)20-16(22)13-8-19-21-6-5-18-9-15(13)21/h1-6,8-9,12,14H,7H2,(H,20,22)/t12-,14+/m0/s1. The molecule has 1 amide bonds. The van der Waals surface area contributed by atoms with Gasteiger partial charge in [0.1, 0.15) is 5.82 Å². The maximum Gasteiger partial charge on any atom is 0.255 e. The van der Waals surface area contributed by atoms with Gasteiger partial charge in [0, 0.05) is 24.4 Å². The maximum atomic E-state index is 12.9. The Morgan fingerprint density at radius 1 is 1.27 bits per heavy atom. The van der Waals surface area contributed by atoms with Crippen molar-refractivity contribution in [2.45, 2.75) is 18.4 Å². The van der Waals surface area contributed by atoms with Crippen molar-refractivity contribution in [2.75, 3.05) is 0 Å². The molecule has 3 aromatic rings. The molecule has 110 valence electrons. The molecule has 1 aliphatic rings. The third kappa shape index (κ3) is 2.22. The second-order valence-electron chi connectivity index (χ2n) is 5.44. The Morgan fingerprint density at radius 2 is 2.09 bits per heavy atom. The Kier molecular flexibility index (Phi) is 2.89. The second-order valence-corrected chi connectivity index (χ2v) is 5.44. The van der Waals surface area contributed by atoms with E-state index in [1.165, 1.54) is 12.1 Å². The van der Waals surface area contributed by atoms with Crippen LogP contribution in [0.2, 0.25) is 0 Å². The first-order valence-electron chi connectivity index (χ1n) is 7.06. The van der Waals surface area contributed by atoms with Crippen LogP contribution in [0.25, 0.3) is 5.52 Å². The summed E-state index contributed by atoms with van der Waals surface area (Å²) >= 11 is 0. The van der Waals surface area contributed by atoms with Crippen LogP contribution in [0.1, 0.15) is 28.3 Å². The SMILES string of the molecule is O=C(N[C@@H]1C[C@H]1c1ccc(F)cc1)c1cnn2ccncc12. The van der Waals surface area contributed by atoms with Crippen LogP contribution in [0.3, 0.4) is 0 Å². The summed E-state index contributed by atoms with van der Waals surface area (Å²) in [4.78, 5) is 16.4. The minimum absolute atomic E-state index is 0.0876. The number of benzene rings is 1. The highest BCUT2D eigenvalue weighted by Gasteiger charge is 2.39. The number of nitrogens with zero attached hydrogens (tertiary/aromatic N) is 3. The molecule has 1 aliphatic carbocycles. The fraction of sp³-hybridized carbons (Fsp3) is 0.188. The highest BCUT2D eigenvalue weighted by atomic mass is 19.1.